The van der Waals surface area contributed by atoms with Crippen LogP contribution in [-0.2, 0) is 9.59 Å². The van der Waals surface area contributed by atoms with Crippen LogP contribution in [0.25, 0.3) is 0 Å². The monoisotopic (exact) mass is 296 g/mol. The van der Waals surface area contributed by atoms with Gasteiger partial charge in [0.05, 0.1) is 11.8 Å². The van der Waals surface area contributed by atoms with Crippen molar-refractivity contribution in [2.24, 2.45) is 17.8 Å². The zero-order valence-corrected chi connectivity index (χ0v) is 13.2. The highest BCUT2D eigenvalue weighted by atomic mass is 16.4. The van der Waals surface area contributed by atoms with Crippen molar-refractivity contribution in [3.05, 3.63) is 0 Å². The molecule has 0 aromatic carbocycles. The first-order valence-corrected chi connectivity index (χ1v) is 8.23. The zero-order chi connectivity index (χ0) is 15.4. The predicted octanol–water partition coefficient (Wildman–Crippen LogP) is 1.72. The Morgan fingerprint density at radius 2 is 1.95 bits per heavy atom. The molecule has 0 aromatic rings. The normalized spacial score (nSPS) is 33.8. The predicted molar refractivity (Wildman–Crippen MR) is 80.9 cm³/mol. The lowest BCUT2D eigenvalue weighted by Crippen LogP contribution is -2.46. The average molecular weight is 296 g/mol. The Hall–Kier alpha value is -1.10. The number of carboxylic acid groups (broad SMARTS) is 1. The van der Waals surface area contributed by atoms with E-state index in [0.717, 1.165) is 25.8 Å². The second kappa shape index (κ2) is 7.25. The molecule has 2 fully saturated rings. The Morgan fingerprint density at radius 3 is 2.57 bits per heavy atom. The van der Waals surface area contributed by atoms with Gasteiger partial charge in [-0.05, 0) is 45.2 Å². The minimum atomic E-state index is -0.819. The van der Waals surface area contributed by atoms with E-state index in [-0.39, 0.29) is 11.8 Å². The van der Waals surface area contributed by atoms with E-state index in [4.69, 9.17) is 0 Å². The van der Waals surface area contributed by atoms with Gasteiger partial charge in [-0.2, -0.15) is 0 Å². The van der Waals surface area contributed by atoms with Crippen LogP contribution in [0.15, 0.2) is 0 Å². The molecule has 1 heterocycles. The van der Waals surface area contributed by atoms with Gasteiger partial charge in [-0.3, -0.25) is 9.59 Å². The summed E-state index contributed by atoms with van der Waals surface area (Å²) in [7, 11) is 2.10. The van der Waals surface area contributed by atoms with E-state index in [2.05, 4.69) is 24.2 Å². The molecule has 21 heavy (non-hydrogen) atoms. The van der Waals surface area contributed by atoms with Crippen LogP contribution >= 0.6 is 0 Å². The summed E-state index contributed by atoms with van der Waals surface area (Å²) in [6.07, 6.45) is 5.88. The van der Waals surface area contributed by atoms with Crippen molar-refractivity contribution >= 4 is 11.9 Å². The van der Waals surface area contributed by atoms with Crippen LogP contribution in [0.3, 0.4) is 0 Å². The lowest BCUT2D eigenvalue weighted by atomic mass is 9.95. The lowest BCUT2D eigenvalue weighted by Gasteiger charge is -2.32. The average Bonchev–Trinajstić information content (AvgIpc) is 2.90. The summed E-state index contributed by atoms with van der Waals surface area (Å²) in [5.74, 6) is -1.35. The summed E-state index contributed by atoms with van der Waals surface area (Å²) in [6, 6.07) is 0.398. The molecule has 2 N–H and O–H groups in total. The second-order valence-electron chi connectivity index (χ2n) is 6.67. The van der Waals surface area contributed by atoms with Crippen LogP contribution in [0.1, 0.15) is 45.4 Å². The Kier molecular flexibility index (Phi) is 5.62. The third-order valence-electron chi connectivity index (χ3n) is 5.32. The zero-order valence-electron chi connectivity index (χ0n) is 13.2. The summed E-state index contributed by atoms with van der Waals surface area (Å²) >= 11 is 0. The highest BCUT2D eigenvalue weighted by Crippen LogP contribution is 2.38. The number of amides is 1. The summed E-state index contributed by atoms with van der Waals surface area (Å²) in [4.78, 5) is 26.0. The largest absolute Gasteiger partial charge is 0.481 e. The smallest absolute Gasteiger partial charge is 0.307 e. The number of carboxylic acids is 1. The van der Waals surface area contributed by atoms with Crippen LogP contribution in [0, 0.1) is 17.8 Å². The van der Waals surface area contributed by atoms with E-state index >= 15 is 0 Å². The lowest BCUT2D eigenvalue weighted by molar-refractivity contribution is -0.146. The topological polar surface area (TPSA) is 69.6 Å². The SMILES string of the molecule is CCC1C[C@H](C(=O)NCC2CCCCN2C)[C@H](C(=O)O)C1. The number of likely N-dealkylation sites (N-methyl/N-ethyl adjacent to an activating group) is 1. The Balaban J connectivity index is 1.88. The third-order valence-corrected chi connectivity index (χ3v) is 5.32. The second-order valence-corrected chi connectivity index (χ2v) is 6.67. The van der Waals surface area contributed by atoms with Crippen molar-refractivity contribution in [2.45, 2.75) is 51.5 Å². The number of rotatable bonds is 5. The molecule has 2 unspecified atom stereocenters. The molecule has 4 atom stereocenters. The minimum absolute atomic E-state index is 0.0580. The molecular weight excluding hydrogens is 268 g/mol. The van der Waals surface area contributed by atoms with E-state index in [1.165, 1.54) is 12.8 Å². The van der Waals surface area contributed by atoms with Gasteiger partial charge in [0.1, 0.15) is 0 Å². The van der Waals surface area contributed by atoms with Crippen molar-refractivity contribution < 1.29 is 14.7 Å². The van der Waals surface area contributed by atoms with Gasteiger partial charge in [-0.25, -0.2) is 0 Å². The summed E-state index contributed by atoms with van der Waals surface area (Å²) in [6.45, 7) is 3.80. The fraction of sp³-hybridized carbons (Fsp3) is 0.875. The van der Waals surface area contributed by atoms with Gasteiger partial charge in [-0.1, -0.05) is 19.8 Å². The molecular formula is C16H28N2O3. The van der Waals surface area contributed by atoms with Crippen molar-refractivity contribution in [3.63, 3.8) is 0 Å². The van der Waals surface area contributed by atoms with Crippen LogP contribution in [0.4, 0.5) is 0 Å². The Morgan fingerprint density at radius 1 is 1.24 bits per heavy atom. The Labute approximate surface area is 127 Å². The summed E-state index contributed by atoms with van der Waals surface area (Å²) in [5, 5.41) is 12.3. The van der Waals surface area contributed by atoms with Crippen LogP contribution in [0.2, 0.25) is 0 Å². The molecule has 1 aliphatic heterocycles. The maximum atomic E-state index is 12.4. The van der Waals surface area contributed by atoms with Gasteiger partial charge in [0.2, 0.25) is 5.91 Å². The molecule has 0 aromatic heterocycles. The molecule has 0 bridgehead atoms. The molecule has 1 saturated carbocycles. The molecule has 120 valence electrons. The van der Waals surface area contributed by atoms with Crippen LogP contribution in [-0.4, -0.2) is 48.1 Å². The number of carbonyl (C=O) groups excluding carboxylic acids is 1. The van der Waals surface area contributed by atoms with Gasteiger partial charge >= 0.3 is 5.97 Å². The standard InChI is InChI=1S/C16H28N2O3/c1-3-11-8-13(14(9-11)16(20)21)15(19)17-10-12-6-4-5-7-18(12)2/h11-14H,3-10H2,1-2H3,(H,17,19)(H,20,21)/t11?,12?,13-,14+/m0/s1. The number of nitrogens with zero attached hydrogens (tertiary/aromatic N) is 1. The number of hydrogen-bond acceptors (Lipinski definition) is 3. The molecule has 1 saturated heterocycles. The molecule has 1 aliphatic carbocycles. The summed E-state index contributed by atoms with van der Waals surface area (Å²) < 4.78 is 0. The van der Waals surface area contributed by atoms with Gasteiger partial charge in [0.25, 0.3) is 0 Å². The fourth-order valence-electron chi connectivity index (χ4n) is 3.79. The van der Waals surface area contributed by atoms with Gasteiger partial charge in [0.15, 0.2) is 0 Å². The molecule has 0 radical (unpaired) electrons. The van der Waals surface area contributed by atoms with E-state index in [1.807, 2.05) is 0 Å². The van der Waals surface area contributed by atoms with Crippen molar-refractivity contribution in [2.75, 3.05) is 20.1 Å². The minimum Gasteiger partial charge on any atom is -0.481 e. The van der Waals surface area contributed by atoms with E-state index in [9.17, 15) is 14.7 Å². The van der Waals surface area contributed by atoms with Crippen molar-refractivity contribution in [1.82, 2.24) is 10.2 Å². The van der Waals surface area contributed by atoms with Crippen molar-refractivity contribution in [1.29, 1.82) is 0 Å². The number of piperidine rings is 1. The van der Waals surface area contributed by atoms with E-state index < -0.39 is 11.9 Å². The molecule has 0 spiro atoms. The highest BCUT2D eigenvalue weighted by molar-refractivity contribution is 5.85. The third kappa shape index (κ3) is 3.96. The number of nitrogens with one attached hydrogen (secondary N) is 1. The Bertz CT molecular complexity index is 386. The number of aliphatic carboxylic acids is 1. The molecule has 1 amide bonds. The van der Waals surface area contributed by atoms with Gasteiger partial charge < -0.3 is 15.3 Å². The van der Waals surface area contributed by atoms with Crippen molar-refractivity contribution in [3.8, 4) is 0 Å². The van der Waals surface area contributed by atoms with Gasteiger partial charge in [-0.15, -0.1) is 0 Å². The highest BCUT2D eigenvalue weighted by Gasteiger charge is 2.42. The maximum absolute atomic E-state index is 12.4. The molecule has 5 heteroatoms. The first kappa shape index (κ1) is 16.3. The van der Waals surface area contributed by atoms with E-state index in [1.54, 1.807) is 0 Å². The maximum Gasteiger partial charge on any atom is 0.307 e. The van der Waals surface area contributed by atoms with Crippen LogP contribution < -0.4 is 5.32 Å². The fourth-order valence-corrected chi connectivity index (χ4v) is 3.79. The molecule has 2 aliphatic rings. The van der Waals surface area contributed by atoms with Gasteiger partial charge in [0, 0.05) is 12.6 Å². The molecule has 2 rings (SSSR count). The number of hydrogen-bond donors (Lipinski definition) is 2. The number of carbonyl (C=O) groups is 2. The quantitative estimate of drug-likeness (QED) is 0.810. The number of likely N-dealkylation sites (tertiary alicyclic amines) is 1. The first-order valence-electron chi connectivity index (χ1n) is 8.23. The summed E-state index contributed by atoms with van der Waals surface area (Å²) in [5.41, 5.74) is 0. The molecule has 5 nitrogen and oxygen atoms in total. The first-order chi connectivity index (χ1) is 10.0. The van der Waals surface area contributed by atoms with Crippen LogP contribution in [0.5, 0.6) is 0 Å². The van der Waals surface area contributed by atoms with E-state index in [0.29, 0.717) is 24.9 Å².